The van der Waals surface area contributed by atoms with E-state index in [-0.39, 0.29) is 28.3 Å². The van der Waals surface area contributed by atoms with E-state index in [0.29, 0.717) is 11.1 Å². The third-order valence-electron chi connectivity index (χ3n) is 5.06. The van der Waals surface area contributed by atoms with E-state index < -0.39 is 48.1 Å². The lowest BCUT2D eigenvalue weighted by molar-refractivity contribution is 0.0960. The predicted molar refractivity (Wildman–Crippen MR) is 137 cm³/mol. The van der Waals surface area contributed by atoms with Gasteiger partial charge in [-0.2, -0.15) is 13.5 Å². The van der Waals surface area contributed by atoms with Crippen LogP contribution in [-0.2, 0) is 20.0 Å². The molecule has 0 aliphatic carbocycles. The first-order valence-corrected chi connectivity index (χ1v) is 14.2. The molecule has 0 atom stereocenters. The van der Waals surface area contributed by atoms with E-state index in [1.165, 1.54) is 30.3 Å². The Morgan fingerprint density at radius 1 is 1.08 bits per heavy atom. The Bertz CT molecular complexity index is 1570. The molecule has 3 rings (SSSR count). The number of anilines is 1. The number of halogens is 1. The van der Waals surface area contributed by atoms with E-state index in [2.05, 4.69) is 20.9 Å². The summed E-state index contributed by atoms with van der Waals surface area (Å²) in [5.41, 5.74) is 0.964. The fourth-order valence-electron chi connectivity index (χ4n) is 3.41. The molecule has 0 aromatic heterocycles. The molecule has 3 aromatic rings. The number of fused-ring (bicyclic) bond motifs is 1. The Balaban J connectivity index is 2.02. The van der Waals surface area contributed by atoms with Crippen molar-refractivity contribution in [3.63, 3.8) is 0 Å². The van der Waals surface area contributed by atoms with Gasteiger partial charge in [0.15, 0.2) is 15.6 Å². The van der Waals surface area contributed by atoms with Gasteiger partial charge in [0.2, 0.25) is 0 Å². The van der Waals surface area contributed by atoms with Crippen LogP contribution in [0.4, 0.5) is 17.1 Å². The molecule has 14 heteroatoms. The van der Waals surface area contributed by atoms with E-state index in [1.54, 1.807) is 26.1 Å². The Labute approximate surface area is 212 Å². The van der Waals surface area contributed by atoms with Crippen molar-refractivity contribution < 1.29 is 31.3 Å². The fraction of sp³-hybridized carbons (Fsp3) is 0.227. The molecule has 0 radical (unpaired) electrons. The summed E-state index contributed by atoms with van der Waals surface area (Å²) in [4.78, 5) is 11.7. The first-order valence-electron chi connectivity index (χ1n) is 10.4. The highest BCUT2D eigenvalue weighted by atomic mass is 35.5. The van der Waals surface area contributed by atoms with Gasteiger partial charge in [-0.3, -0.25) is 9.35 Å². The maximum Gasteiger partial charge on any atom is 0.296 e. The van der Waals surface area contributed by atoms with Crippen molar-refractivity contribution >= 4 is 65.3 Å². The number of hydrogen-bond acceptors (Lipinski definition) is 9. The molecule has 0 unspecified atom stereocenters. The molecular weight excluding hydrogens is 532 g/mol. The number of aryl methyl sites for hydroxylation is 1. The number of alkyl halides is 1. The van der Waals surface area contributed by atoms with E-state index >= 15 is 0 Å². The second kappa shape index (κ2) is 10.8. The molecule has 0 saturated carbocycles. The SMILES string of the molecule is CNc1cc(C)cc2cc(S(=O)(=O)O)c(N=Nc3cccc(C(=O)NCS(=O)(=O)CCCl)c3)c(O)c12. The molecule has 0 spiro atoms. The zero-order chi connectivity index (χ0) is 26.7. The predicted octanol–water partition coefficient (Wildman–Crippen LogP) is 3.90. The molecule has 3 aromatic carbocycles. The van der Waals surface area contributed by atoms with Crippen molar-refractivity contribution in [2.75, 3.05) is 29.9 Å². The number of carbonyl (C=O) groups is 1. The molecule has 1 amide bonds. The molecule has 11 nitrogen and oxygen atoms in total. The number of phenols is 1. The fourth-order valence-corrected chi connectivity index (χ4v) is 5.51. The highest BCUT2D eigenvalue weighted by molar-refractivity contribution is 7.91. The van der Waals surface area contributed by atoms with Crippen LogP contribution in [0.15, 0.2) is 57.6 Å². The number of phenolic OH excluding ortho intramolecular Hbond substituents is 1. The number of azo groups is 1. The summed E-state index contributed by atoms with van der Waals surface area (Å²) in [6.07, 6.45) is 0. The first kappa shape index (κ1) is 27.3. The van der Waals surface area contributed by atoms with Gasteiger partial charge in [0, 0.05) is 29.6 Å². The van der Waals surface area contributed by atoms with E-state index in [0.717, 1.165) is 5.56 Å². The molecule has 0 heterocycles. The molecule has 4 N–H and O–H groups in total. The number of sulfone groups is 1. The van der Waals surface area contributed by atoms with Crippen molar-refractivity contribution in [1.29, 1.82) is 0 Å². The minimum atomic E-state index is -4.80. The third kappa shape index (κ3) is 6.29. The number of carbonyl (C=O) groups excluding carboxylic acids is 1. The van der Waals surface area contributed by atoms with Crippen molar-refractivity contribution in [2.45, 2.75) is 11.8 Å². The number of nitrogens with zero attached hydrogens (tertiary/aromatic N) is 2. The normalized spacial score (nSPS) is 12.2. The van der Waals surface area contributed by atoms with Crippen molar-refractivity contribution in [3.8, 4) is 5.75 Å². The highest BCUT2D eigenvalue weighted by Crippen LogP contribution is 2.44. The summed E-state index contributed by atoms with van der Waals surface area (Å²) in [6.45, 7) is 1.79. The molecule has 192 valence electrons. The summed E-state index contributed by atoms with van der Waals surface area (Å²) in [6, 6.07) is 10.2. The van der Waals surface area contributed by atoms with E-state index in [4.69, 9.17) is 11.6 Å². The van der Waals surface area contributed by atoms with Gasteiger partial charge in [-0.05, 0) is 48.2 Å². The maximum absolute atomic E-state index is 12.4. The average molecular weight is 555 g/mol. The lowest BCUT2D eigenvalue weighted by Crippen LogP contribution is -2.31. The number of nitrogens with one attached hydrogen (secondary N) is 2. The smallest absolute Gasteiger partial charge is 0.296 e. The van der Waals surface area contributed by atoms with Crippen LogP contribution in [0.25, 0.3) is 10.8 Å². The number of aromatic hydroxyl groups is 1. The summed E-state index contributed by atoms with van der Waals surface area (Å²) in [5.74, 6) is -2.20. The summed E-state index contributed by atoms with van der Waals surface area (Å²) < 4.78 is 57.4. The number of amides is 1. The van der Waals surface area contributed by atoms with Gasteiger partial charge >= 0.3 is 0 Å². The third-order valence-corrected chi connectivity index (χ3v) is 7.75. The second-order valence-corrected chi connectivity index (χ2v) is 11.7. The number of rotatable bonds is 9. The molecule has 0 aliphatic rings. The van der Waals surface area contributed by atoms with Crippen LogP contribution < -0.4 is 10.6 Å². The Morgan fingerprint density at radius 3 is 2.44 bits per heavy atom. The zero-order valence-corrected chi connectivity index (χ0v) is 21.6. The maximum atomic E-state index is 12.4. The lowest BCUT2D eigenvalue weighted by Gasteiger charge is -2.13. The van der Waals surface area contributed by atoms with Crippen LogP contribution in [0.5, 0.6) is 5.75 Å². The lowest BCUT2D eigenvalue weighted by atomic mass is 10.0. The largest absolute Gasteiger partial charge is 0.505 e. The molecular formula is C22H23ClN4O7S2. The molecule has 0 saturated heterocycles. The summed E-state index contributed by atoms with van der Waals surface area (Å²) >= 11 is 5.44. The zero-order valence-electron chi connectivity index (χ0n) is 19.2. The van der Waals surface area contributed by atoms with Crippen LogP contribution in [0.3, 0.4) is 0 Å². The van der Waals surface area contributed by atoms with Crippen LogP contribution in [0, 0.1) is 6.92 Å². The first-order chi connectivity index (χ1) is 16.9. The molecule has 0 fully saturated rings. The van der Waals surface area contributed by atoms with Crippen molar-refractivity contribution in [1.82, 2.24) is 5.32 Å². The van der Waals surface area contributed by atoms with Gasteiger partial charge in [-0.1, -0.05) is 12.1 Å². The number of benzene rings is 3. The van der Waals surface area contributed by atoms with Crippen molar-refractivity contribution in [2.24, 2.45) is 10.2 Å². The van der Waals surface area contributed by atoms with Crippen LogP contribution in [0.1, 0.15) is 15.9 Å². The summed E-state index contributed by atoms with van der Waals surface area (Å²) in [5, 5.41) is 24.5. The van der Waals surface area contributed by atoms with E-state index in [1.807, 2.05) is 0 Å². The van der Waals surface area contributed by atoms with Gasteiger partial charge in [0.25, 0.3) is 16.0 Å². The van der Waals surface area contributed by atoms with Gasteiger partial charge < -0.3 is 15.7 Å². The van der Waals surface area contributed by atoms with Gasteiger partial charge in [0.1, 0.15) is 16.5 Å². The van der Waals surface area contributed by atoms with Gasteiger partial charge in [0.05, 0.1) is 11.4 Å². The monoisotopic (exact) mass is 554 g/mol. The Kier molecular flexibility index (Phi) is 8.19. The van der Waals surface area contributed by atoms with Crippen LogP contribution in [-0.4, -0.2) is 57.0 Å². The van der Waals surface area contributed by atoms with Gasteiger partial charge in [-0.25, -0.2) is 8.42 Å². The minimum Gasteiger partial charge on any atom is -0.505 e. The van der Waals surface area contributed by atoms with Crippen molar-refractivity contribution in [3.05, 3.63) is 53.6 Å². The Hall–Kier alpha value is -3.26. The number of hydrogen-bond donors (Lipinski definition) is 4. The standard InChI is InChI=1S/C22H23ClN4O7S2/c1-13-8-15-11-18(36(32,33)34)20(21(28)19(15)17(9-13)24-2)27-26-16-5-3-4-14(10-16)22(29)25-12-35(30,31)7-6-23/h3-5,8-11,24,28H,6-7,12H2,1-2H3,(H,25,29)(H,32,33,34). The summed E-state index contributed by atoms with van der Waals surface area (Å²) in [7, 11) is -6.73. The Morgan fingerprint density at radius 2 is 1.81 bits per heavy atom. The quantitative estimate of drug-likeness (QED) is 0.175. The minimum absolute atomic E-state index is 0.0678. The van der Waals surface area contributed by atoms with Crippen LogP contribution >= 0.6 is 11.6 Å². The topological polar surface area (TPSA) is 175 Å². The molecule has 0 aliphatic heterocycles. The molecule has 36 heavy (non-hydrogen) atoms. The average Bonchev–Trinajstić information content (AvgIpc) is 2.80. The van der Waals surface area contributed by atoms with Crippen LogP contribution in [0.2, 0.25) is 0 Å². The van der Waals surface area contributed by atoms with Gasteiger partial charge in [-0.15, -0.1) is 16.7 Å². The highest BCUT2D eigenvalue weighted by Gasteiger charge is 2.23. The van der Waals surface area contributed by atoms with E-state index in [9.17, 15) is 31.3 Å². The molecule has 0 bridgehead atoms. The second-order valence-electron chi connectivity index (χ2n) is 7.74.